The molecule has 1 aliphatic heterocycles. The van der Waals surface area contributed by atoms with Crippen molar-refractivity contribution in [3.8, 4) is 5.75 Å². The Morgan fingerprint density at radius 3 is 2.75 bits per heavy atom. The first kappa shape index (κ1) is 15.9. The third kappa shape index (κ3) is 3.16. The summed E-state index contributed by atoms with van der Waals surface area (Å²) in [4.78, 5) is 12.7. The second-order valence-corrected chi connectivity index (χ2v) is 7.67. The Kier molecular flexibility index (Phi) is 4.49. The zero-order valence-electron chi connectivity index (χ0n) is 14.2. The first-order valence-electron chi connectivity index (χ1n) is 9.45. The molecule has 4 nitrogen and oxygen atoms in total. The molecular formula is C20H27NO3. The second-order valence-electron chi connectivity index (χ2n) is 7.67. The second kappa shape index (κ2) is 6.75. The highest BCUT2D eigenvalue weighted by Crippen LogP contribution is 2.40. The van der Waals surface area contributed by atoms with E-state index in [1.54, 1.807) is 0 Å². The van der Waals surface area contributed by atoms with Gasteiger partial charge in [0, 0.05) is 12.3 Å². The Hall–Kier alpha value is -1.55. The van der Waals surface area contributed by atoms with E-state index in [1.165, 1.54) is 30.4 Å². The molecule has 2 aliphatic carbocycles. The Bertz CT molecular complexity index is 603. The molecule has 0 spiro atoms. The van der Waals surface area contributed by atoms with Gasteiger partial charge in [-0.25, -0.2) is 0 Å². The van der Waals surface area contributed by atoms with Crippen LogP contribution in [0.25, 0.3) is 0 Å². The summed E-state index contributed by atoms with van der Waals surface area (Å²) in [6, 6.07) is 6.33. The number of carbonyl (C=O) groups is 1. The Morgan fingerprint density at radius 1 is 1.21 bits per heavy atom. The van der Waals surface area contributed by atoms with Crippen LogP contribution in [0.15, 0.2) is 18.2 Å². The summed E-state index contributed by atoms with van der Waals surface area (Å²) < 4.78 is 5.60. The van der Waals surface area contributed by atoms with Gasteiger partial charge in [0.05, 0.1) is 18.8 Å². The zero-order chi connectivity index (χ0) is 16.5. The fourth-order valence-electron chi connectivity index (χ4n) is 4.41. The van der Waals surface area contributed by atoms with Gasteiger partial charge in [0.15, 0.2) is 0 Å². The lowest BCUT2D eigenvalue weighted by atomic mass is 9.74. The maximum absolute atomic E-state index is 12.7. The minimum atomic E-state index is -0.207. The lowest BCUT2D eigenvalue weighted by Crippen LogP contribution is -2.43. The molecule has 0 saturated heterocycles. The van der Waals surface area contributed by atoms with Gasteiger partial charge in [-0.3, -0.25) is 4.79 Å². The number of aliphatic hydroxyl groups is 1. The van der Waals surface area contributed by atoms with Gasteiger partial charge in [-0.1, -0.05) is 25.3 Å². The van der Waals surface area contributed by atoms with E-state index in [1.807, 2.05) is 6.07 Å². The standard InChI is InChI=1S/C20H27NO3/c22-17-11-16(12-17)19(21-20(23)13-4-2-1-3-5-13)15-6-7-18-14(10-15)8-9-24-18/h6-7,10,13,16-17,19,22H,1-5,8-9,11-12H2,(H,21,23)/t16?,17?,19-/m0/s1. The number of hydrogen-bond donors (Lipinski definition) is 2. The highest BCUT2D eigenvalue weighted by molar-refractivity contribution is 5.79. The maximum Gasteiger partial charge on any atom is 0.223 e. The van der Waals surface area contributed by atoms with Crippen LogP contribution >= 0.6 is 0 Å². The summed E-state index contributed by atoms with van der Waals surface area (Å²) in [7, 11) is 0. The molecule has 1 aromatic carbocycles. The molecule has 3 aliphatic rings. The van der Waals surface area contributed by atoms with Crippen LogP contribution in [0.2, 0.25) is 0 Å². The predicted molar refractivity (Wildman–Crippen MR) is 91.8 cm³/mol. The van der Waals surface area contributed by atoms with Gasteiger partial charge in [-0.05, 0) is 54.9 Å². The molecule has 130 valence electrons. The van der Waals surface area contributed by atoms with Crippen LogP contribution in [0.3, 0.4) is 0 Å². The smallest absolute Gasteiger partial charge is 0.223 e. The molecule has 1 aromatic rings. The van der Waals surface area contributed by atoms with Gasteiger partial charge in [-0.2, -0.15) is 0 Å². The van der Waals surface area contributed by atoms with Crippen LogP contribution in [0.5, 0.6) is 5.75 Å². The molecule has 1 amide bonds. The quantitative estimate of drug-likeness (QED) is 0.892. The molecule has 1 atom stereocenters. The molecule has 1 heterocycles. The topological polar surface area (TPSA) is 58.6 Å². The fraction of sp³-hybridized carbons (Fsp3) is 0.650. The number of carbonyl (C=O) groups excluding carboxylic acids is 1. The lowest BCUT2D eigenvalue weighted by Gasteiger charge is -2.39. The first-order valence-corrected chi connectivity index (χ1v) is 9.45. The fourth-order valence-corrected chi connectivity index (χ4v) is 4.41. The van der Waals surface area contributed by atoms with Crippen LogP contribution in [0, 0.1) is 11.8 Å². The molecule has 0 aromatic heterocycles. The van der Waals surface area contributed by atoms with E-state index in [0.717, 1.165) is 44.5 Å². The van der Waals surface area contributed by atoms with Gasteiger partial charge in [0.1, 0.15) is 5.75 Å². The minimum absolute atomic E-state index is 0.0220. The molecule has 2 saturated carbocycles. The van der Waals surface area contributed by atoms with Crippen molar-refractivity contribution in [2.24, 2.45) is 11.8 Å². The number of aliphatic hydroxyl groups excluding tert-OH is 1. The Morgan fingerprint density at radius 2 is 2.00 bits per heavy atom. The lowest BCUT2D eigenvalue weighted by molar-refractivity contribution is -0.127. The van der Waals surface area contributed by atoms with Crippen molar-refractivity contribution in [3.05, 3.63) is 29.3 Å². The molecule has 2 N–H and O–H groups in total. The third-order valence-corrected chi connectivity index (χ3v) is 5.97. The number of nitrogens with one attached hydrogen (secondary N) is 1. The average molecular weight is 329 g/mol. The number of benzene rings is 1. The average Bonchev–Trinajstić information content (AvgIpc) is 3.05. The molecule has 2 fully saturated rings. The van der Waals surface area contributed by atoms with Crippen molar-refractivity contribution in [2.45, 2.75) is 63.5 Å². The van der Waals surface area contributed by atoms with Crippen LogP contribution < -0.4 is 10.1 Å². The van der Waals surface area contributed by atoms with Crippen LogP contribution in [0.4, 0.5) is 0 Å². The number of fused-ring (bicyclic) bond motifs is 1. The number of rotatable bonds is 4. The van der Waals surface area contributed by atoms with Gasteiger partial charge in [-0.15, -0.1) is 0 Å². The van der Waals surface area contributed by atoms with Crippen molar-refractivity contribution in [2.75, 3.05) is 6.61 Å². The highest BCUT2D eigenvalue weighted by atomic mass is 16.5. The summed E-state index contributed by atoms with van der Waals surface area (Å²) in [6.45, 7) is 0.750. The van der Waals surface area contributed by atoms with E-state index >= 15 is 0 Å². The van der Waals surface area contributed by atoms with E-state index in [9.17, 15) is 9.90 Å². The Labute approximate surface area is 143 Å². The molecule has 4 heteroatoms. The third-order valence-electron chi connectivity index (χ3n) is 5.97. The van der Waals surface area contributed by atoms with Crippen LogP contribution in [0.1, 0.15) is 62.1 Å². The van der Waals surface area contributed by atoms with E-state index in [0.29, 0.717) is 5.92 Å². The van der Waals surface area contributed by atoms with Gasteiger partial charge >= 0.3 is 0 Å². The number of hydrogen-bond acceptors (Lipinski definition) is 3. The van der Waals surface area contributed by atoms with E-state index in [2.05, 4.69) is 17.4 Å². The van der Waals surface area contributed by atoms with Crippen molar-refractivity contribution < 1.29 is 14.6 Å². The molecule has 0 unspecified atom stereocenters. The van der Waals surface area contributed by atoms with Crippen molar-refractivity contribution >= 4 is 5.91 Å². The number of ether oxygens (including phenoxy) is 1. The van der Waals surface area contributed by atoms with Crippen LogP contribution in [-0.4, -0.2) is 23.7 Å². The molecule has 24 heavy (non-hydrogen) atoms. The first-order chi connectivity index (χ1) is 11.7. The monoisotopic (exact) mass is 329 g/mol. The molecule has 0 bridgehead atoms. The summed E-state index contributed by atoms with van der Waals surface area (Å²) in [5.74, 6) is 1.69. The van der Waals surface area contributed by atoms with E-state index in [4.69, 9.17) is 4.74 Å². The van der Waals surface area contributed by atoms with Crippen molar-refractivity contribution in [3.63, 3.8) is 0 Å². The summed E-state index contributed by atoms with van der Waals surface area (Å²) in [5.41, 5.74) is 2.41. The van der Waals surface area contributed by atoms with Crippen LogP contribution in [-0.2, 0) is 11.2 Å². The maximum atomic E-state index is 12.7. The molecule has 4 rings (SSSR count). The zero-order valence-corrected chi connectivity index (χ0v) is 14.2. The number of amides is 1. The Balaban J connectivity index is 1.52. The molecular weight excluding hydrogens is 302 g/mol. The summed E-state index contributed by atoms with van der Waals surface area (Å²) in [5, 5.41) is 13.0. The molecule has 0 radical (unpaired) electrons. The summed E-state index contributed by atoms with van der Waals surface area (Å²) >= 11 is 0. The predicted octanol–water partition coefficient (Wildman–Crippen LogP) is 3.13. The SMILES string of the molecule is O=C(N[C@@H](c1ccc2c(c1)CCO2)C1CC(O)C1)C1CCCCC1. The van der Waals surface area contributed by atoms with E-state index < -0.39 is 0 Å². The normalized spacial score (nSPS) is 27.7. The van der Waals surface area contributed by atoms with Gasteiger partial charge in [0.2, 0.25) is 5.91 Å². The largest absolute Gasteiger partial charge is 0.493 e. The van der Waals surface area contributed by atoms with Crippen molar-refractivity contribution in [1.82, 2.24) is 5.32 Å². The summed E-state index contributed by atoms with van der Waals surface area (Å²) in [6.07, 6.45) is 7.93. The van der Waals surface area contributed by atoms with E-state index in [-0.39, 0.29) is 24.0 Å². The van der Waals surface area contributed by atoms with Gasteiger partial charge in [0.25, 0.3) is 0 Å². The van der Waals surface area contributed by atoms with Crippen molar-refractivity contribution in [1.29, 1.82) is 0 Å². The van der Waals surface area contributed by atoms with Gasteiger partial charge < -0.3 is 15.2 Å². The minimum Gasteiger partial charge on any atom is -0.493 e. The highest BCUT2D eigenvalue weighted by Gasteiger charge is 2.37.